The molecule has 0 radical (unpaired) electrons. The predicted octanol–water partition coefficient (Wildman–Crippen LogP) is 3.55. The second-order valence-electron chi connectivity index (χ2n) is 5.02. The summed E-state index contributed by atoms with van der Waals surface area (Å²) in [5.41, 5.74) is 7.85. The van der Waals surface area contributed by atoms with E-state index in [2.05, 4.69) is 6.92 Å². The highest BCUT2D eigenvalue weighted by Gasteiger charge is 2.22. The lowest BCUT2D eigenvalue weighted by Gasteiger charge is -2.18. The molecule has 2 aromatic rings. The Hall–Kier alpha value is -1.39. The van der Waals surface area contributed by atoms with Crippen molar-refractivity contribution in [2.24, 2.45) is 11.7 Å². The summed E-state index contributed by atoms with van der Waals surface area (Å²) in [4.78, 5) is 0. The molecule has 0 saturated carbocycles. The van der Waals surface area contributed by atoms with Crippen LogP contribution in [0.3, 0.4) is 0 Å². The Morgan fingerprint density at radius 2 is 2.16 bits per heavy atom. The fourth-order valence-corrected chi connectivity index (χ4v) is 2.27. The molecule has 1 aromatic heterocycles. The molecule has 104 valence electrons. The molecule has 0 spiro atoms. The van der Waals surface area contributed by atoms with Crippen LogP contribution in [0.25, 0.3) is 11.0 Å². The second kappa shape index (κ2) is 5.72. The van der Waals surface area contributed by atoms with Gasteiger partial charge in [0.1, 0.15) is 17.2 Å². The van der Waals surface area contributed by atoms with Gasteiger partial charge in [-0.2, -0.15) is 0 Å². The van der Waals surface area contributed by atoms with Gasteiger partial charge in [-0.3, -0.25) is 0 Å². The Morgan fingerprint density at radius 3 is 2.84 bits per heavy atom. The monoisotopic (exact) mass is 265 g/mol. The lowest BCUT2D eigenvalue weighted by molar-refractivity contribution is 0.172. The molecule has 2 unspecified atom stereocenters. The third-order valence-electron chi connectivity index (χ3n) is 3.63. The van der Waals surface area contributed by atoms with Crippen molar-refractivity contribution in [2.75, 3.05) is 13.7 Å². The highest BCUT2D eigenvalue weighted by molar-refractivity contribution is 5.82. The van der Waals surface area contributed by atoms with Gasteiger partial charge < -0.3 is 14.9 Å². The van der Waals surface area contributed by atoms with Gasteiger partial charge in [-0.15, -0.1) is 0 Å². The molecule has 2 N–H and O–H groups in total. The van der Waals surface area contributed by atoms with Gasteiger partial charge in [-0.1, -0.05) is 6.92 Å². The topological polar surface area (TPSA) is 48.4 Å². The summed E-state index contributed by atoms with van der Waals surface area (Å²) in [6, 6.07) is 4.33. The number of ether oxygens (including phenoxy) is 1. The molecule has 3 nitrogen and oxygen atoms in total. The lowest BCUT2D eigenvalue weighted by Crippen LogP contribution is -2.20. The minimum atomic E-state index is -0.260. The van der Waals surface area contributed by atoms with Crippen LogP contribution < -0.4 is 5.73 Å². The summed E-state index contributed by atoms with van der Waals surface area (Å²) in [6.07, 6.45) is 0.864. The van der Waals surface area contributed by atoms with Crippen molar-refractivity contribution in [2.45, 2.75) is 26.3 Å². The van der Waals surface area contributed by atoms with Gasteiger partial charge in [0, 0.05) is 24.7 Å². The quantitative estimate of drug-likeness (QED) is 0.899. The largest absolute Gasteiger partial charge is 0.459 e. The zero-order valence-electron chi connectivity index (χ0n) is 11.6. The SMILES string of the molecule is COCCC(C)C(N)c1oc2ccc(F)cc2c1C. The van der Waals surface area contributed by atoms with Crippen LogP contribution in [0.5, 0.6) is 0 Å². The summed E-state index contributed by atoms with van der Waals surface area (Å²) in [5, 5.41) is 0.796. The first-order valence-electron chi connectivity index (χ1n) is 6.47. The molecule has 0 saturated heterocycles. The van der Waals surface area contributed by atoms with E-state index >= 15 is 0 Å². The molecule has 4 heteroatoms. The van der Waals surface area contributed by atoms with Gasteiger partial charge in [0.15, 0.2) is 0 Å². The Morgan fingerprint density at radius 1 is 1.42 bits per heavy atom. The summed E-state index contributed by atoms with van der Waals surface area (Å²) >= 11 is 0. The molecule has 0 bridgehead atoms. The fourth-order valence-electron chi connectivity index (χ4n) is 2.27. The molecule has 0 fully saturated rings. The number of hydrogen-bond acceptors (Lipinski definition) is 3. The first kappa shape index (κ1) is 14.0. The molecular weight excluding hydrogens is 245 g/mol. The zero-order chi connectivity index (χ0) is 14.0. The highest BCUT2D eigenvalue weighted by Crippen LogP contribution is 2.32. The van der Waals surface area contributed by atoms with Gasteiger partial charge in [0.2, 0.25) is 0 Å². The Kier molecular flexibility index (Phi) is 4.22. The van der Waals surface area contributed by atoms with Crippen LogP contribution in [-0.4, -0.2) is 13.7 Å². The van der Waals surface area contributed by atoms with Crippen LogP contribution in [-0.2, 0) is 4.74 Å². The molecule has 19 heavy (non-hydrogen) atoms. The zero-order valence-corrected chi connectivity index (χ0v) is 11.6. The maximum atomic E-state index is 13.3. The van der Waals surface area contributed by atoms with Gasteiger partial charge in [0.25, 0.3) is 0 Å². The average molecular weight is 265 g/mol. The molecular formula is C15H20FNO2. The second-order valence-corrected chi connectivity index (χ2v) is 5.02. The number of halogens is 1. The van der Waals surface area contributed by atoms with Gasteiger partial charge in [-0.05, 0) is 37.5 Å². The smallest absolute Gasteiger partial charge is 0.134 e. The van der Waals surface area contributed by atoms with E-state index in [4.69, 9.17) is 14.9 Å². The lowest BCUT2D eigenvalue weighted by atomic mass is 9.95. The summed E-state index contributed by atoms with van der Waals surface area (Å²) in [6.45, 7) is 4.66. The Labute approximate surface area is 112 Å². The van der Waals surface area contributed by atoms with E-state index < -0.39 is 0 Å². The van der Waals surface area contributed by atoms with E-state index in [-0.39, 0.29) is 17.8 Å². The number of fused-ring (bicyclic) bond motifs is 1. The van der Waals surface area contributed by atoms with Gasteiger partial charge >= 0.3 is 0 Å². The fraction of sp³-hybridized carbons (Fsp3) is 0.467. The van der Waals surface area contributed by atoms with Crippen LogP contribution >= 0.6 is 0 Å². The van der Waals surface area contributed by atoms with Crippen molar-refractivity contribution < 1.29 is 13.5 Å². The number of methoxy groups -OCH3 is 1. The van der Waals surface area contributed by atoms with Crippen molar-refractivity contribution in [1.82, 2.24) is 0 Å². The van der Waals surface area contributed by atoms with E-state index in [0.29, 0.717) is 12.2 Å². The molecule has 0 aliphatic carbocycles. The van der Waals surface area contributed by atoms with E-state index in [1.54, 1.807) is 13.2 Å². The first-order chi connectivity index (χ1) is 9.04. The summed E-state index contributed by atoms with van der Waals surface area (Å²) < 4.78 is 24.1. The van der Waals surface area contributed by atoms with Crippen molar-refractivity contribution in [1.29, 1.82) is 0 Å². The highest BCUT2D eigenvalue weighted by atomic mass is 19.1. The third-order valence-corrected chi connectivity index (χ3v) is 3.63. The standard InChI is InChI=1S/C15H20FNO2/c1-9(6-7-18-3)14(17)15-10(2)12-8-11(16)4-5-13(12)19-15/h4-5,8-9,14H,6-7,17H2,1-3H3. The number of benzene rings is 1. The molecule has 0 amide bonds. The van der Waals surface area contributed by atoms with E-state index in [0.717, 1.165) is 23.1 Å². The minimum absolute atomic E-state index is 0.203. The summed E-state index contributed by atoms with van der Waals surface area (Å²) in [7, 11) is 1.67. The maximum absolute atomic E-state index is 13.3. The van der Waals surface area contributed by atoms with Crippen LogP contribution in [0.1, 0.15) is 30.7 Å². The van der Waals surface area contributed by atoms with E-state index in [1.165, 1.54) is 12.1 Å². The van der Waals surface area contributed by atoms with Crippen LogP contribution in [0.15, 0.2) is 22.6 Å². The molecule has 2 atom stereocenters. The van der Waals surface area contributed by atoms with Gasteiger partial charge in [-0.25, -0.2) is 4.39 Å². The Balaban J connectivity index is 2.31. The molecule has 0 aliphatic heterocycles. The maximum Gasteiger partial charge on any atom is 0.134 e. The van der Waals surface area contributed by atoms with Gasteiger partial charge in [0.05, 0.1) is 6.04 Å². The predicted molar refractivity (Wildman–Crippen MR) is 73.5 cm³/mol. The third kappa shape index (κ3) is 2.80. The van der Waals surface area contributed by atoms with Crippen LogP contribution in [0.4, 0.5) is 4.39 Å². The van der Waals surface area contributed by atoms with Crippen LogP contribution in [0, 0.1) is 18.7 Å². The van der Waals surface area contributed by atoms with Crippen molar-refractivity contribution in [3.05, 3.63) is 35.3 Å². The molecule has 0 aliphatic rings. The number of nitrogens with two attached hydrogens (primary N) is 1. The van der Waals surface area contributed by atoms with E-state index in [9.17, 15) is 4.39 Å². The average Bonchev–Trinajstić information content (AvgIpc) is 2.72. The first-order valence-corrected chi connectivity index (χ1v) is 6.47. The molecule has 2 rings (SSSR count). The molecule has 1 aromatic carbocycles. The number of aryl methyl sites for hydroxylation is 1. The van der Waals surface area contributed by atoms with Crippen molar-refractivity contribution >= 4 is 11.0 Å². The van der Waals surface area contributed by atoms with Crippen molar-refractivity contribution in [3.8, 4) is 0 Å². The summed E-state index contributed by atoms with van der Waals surface area (Å²) in [5.74, 6) is 0.720. The number of hydrogen-bond donors (Lipinski definition) is 1. The normalized spacial score (nSPS) is 14.8. The minimum Gasteiger partial charge on any atom is -0.459 e. The van der Waals surface area contributed by atoms with Crippen molar-refractivity contribution in [3.63, 3.8) is 0 Å². The van der Waals surface area contributed by atoms with Crippen LogP contribution in [0.2, 0.25) is 0 Å². The number of furan rings is 1. The van der Waals surface area contributed by atoms with E-state index in [1.807, 2.05) is 6.92 Å². The molecule has 1 heterocycles. The number of rotatable bonds is 5. The Bertz CT molecular complexity index is 565.